The van der Waals surface area contributed by atoms with Gasteiger partial charge in [-0.25, -0.2) is 8.42 Å². The minimum atomic E-state index is -3.83. The van der Waals surface area contributed by atoms with Crippen LogP contribution in [-0.4, -0.2) is 33.9 Å². The second-order valence-corrected chi connectivity index (χ2v) is 6.93. The molecule has 1 amide bonds. The van der Waals surface area contributed by atoms with E-state index < -0.39 is 22.5 Å². The van der Waals surface area contributed by atoms with E-state index >= 15 is 0 Å². The molecule has 0 unspecified atom stereocenters. The van der Waals surface area contributed by atoms with E-state index in [9.17, 15) is 18.0 Å². The summed E-state index contributed by atoms with van der Waals surface area (Å²) in [5.41, 5.74) is 1.33. The minimum Gasteiger partial charge on any atom is -0.468 e. The Kier molecular flexibility index (Phi) is 6.65. The minimum absolute atomic E-state index is 0.0285. The molecule has 2 N–H and O–H groups in total. The SMILES string of the molecule is COC(=O)CNS(=O)(=O)c1ccc(NC(=O)/C=C/c2ccccc2)cc1. The molecule has 0 aromatic heterocycles. The van der Waals surface area contributed by atoms with E-state index in [1.54, 1.807) is 6.08 Å². The van der Waals surface area contributed by atoms with Crippen molar-refractivity contribution < 1.29 is 22.7 Å². The lowest BCUT2D eigenvalue weighted by molar-refractivity contribution is -0.139. The third kappa shape index (κ3) is 5.83. The largest absolute Gasteiger partial charge is 0.468 e. The van der Waals surface area contributed by atoms with Crippen molar-refractivity contribution in [3.05, 3.63) is 66.2 Å². The number of benzene rings is 2. The van der Waals surface area contributed by atoms with E-state index in [-0.39, 0.29) is 10.8 Å². The lowest BCUT2D eigenvalue weighted by atomic mass is 10.2. The Morgan fingerprint density at radius 2 is 1.69 bits per heavy atom. The van der Waals surface area contributed by atoms with Crippen LogP contribution in [0.4, 0.5) is 5.69 Å². The average Bonchev–Trinajstić information content (AvgIpc) is 2.66. The van der Waals surface area contributed by atoms with Crippen molar-refractivity contribution in [2.75, 3.05) is 19.0 Å². The standard InChI is InChI=1S/C18H18N2O5S/c1-25-18(22)13-19-26(23,24)16-10-8-15(9-11-16)20-17(21)12-7-14-5-3-2-4-6-14/h2-12,19H,13H2,1H3,(H,20,21)/b12-7+. The molecule has 2 aromatic rings. The van der Waals surface area contributed by atoms with Gasteiger partial charge >= 0.3 is 5.97 Å². The van der Waals surface area contributed by atoms with Crippen molar-refractivity contribution in [3.63, 3.8) is 0 Å². The van der Waals surface area contributed by atoms with Gasteiger partial charge in [-0.2, -0.15) is 4.72 Å². The number of methoxy groups -OCH3 is 1. The predicted octanol–water partition coefficient (Wildman–Crippen LogP) is 1.79. The van der Waals surface area contributed by atoms with Crippen LogP contribution >= 0.6 is 0 Å². The Hall–Kier alpha value is -2.97. The maximum atomic E-state index is 12.0. The molecule has 0 bridgehead atoms. The number of carbonyl (C=O) groups is 2. The summed E-state index contributed by atoms with van der Waals surface area (Å²) in [5, 5.41) is 2.64. The van der Waals surface area contributed by atoms with Crippen LogP contribution in [0.2, 0.25) is 0 Å². The average molecular weight is 374 g/mol. The molecule has 0 radical (unpaired) electrons. The van der Waals surface area contributed by atoms with Crippen LogP contribution in [0.5, 0.6) is 0 Å². The number of amides is 1. The number of carbonyl (C=O) groups excluding carboxylic acids is 2. The van der Waals surface area contributed by atoms with Gasteiger partial charge in [0.15, 0.2) is 0 Å². The number of hydrogen-bond acceptors (Lipinski definition) is 5. The van der Waals surface area contributed by atoms with Gasteiger partial charge in [-0.05, 0) is 35.9 Å². The molecule has 136 valence electrons. The van der Waals surface area contributed by atoms with Crippen molar-refractivity contribution in [2.45, 2.75) is 4.90 Å². The van der Waals surface area contributed by atoms with Gasteiger partial charge in [0.05, 0.1) is 12.0 Å². The van der Waals surface area contributed by atoms with E-state index in [1.165, 1.54) is 37.5 Å². The Bertz CT molecular complexity index is 891. The summed E-state index contributed by atoms with van der Waals surface area (Å²) in [6.07, 6.45) is 3.06. The summed E-state index contributed by atoms with van der Waals surface area (Å²) in [5.74, 6) is -1.03. The topological polar surface area (TPSA) is 102 Å². The van der Waals surface area contributed by atoms with Gasteiger partial charge in [-0.1, -0.05) is 30.3 Å². The molecule has 0 spiro atoms. The first-order valence-corrected chi connectivity index (χ1v) is 9.10. The first-order valence-electron chi connectivity index (χ1n) is 7.61. The lowest BCUT2D eigenvalue weighted by Gasteiger charge is -2.07. The Balaban J connectivity index is 1.97. The second kappa shape index (κ2) is 8.93. The van der Waals surface area contributed by atoms with E-state index in [1.807, 2.05) is 30.3 Å². The lowest BCUT2D eigenvalue weighted by Crippen LogP contribution is -2.30. The zero-order chi connectivity index (χ0) is 19.0. The molecule has 0 saturated heterocycles. The molecule has 8 heteroatoms. The molecule has 2 rings (SSSR count). The number of anilines is 1. The summed E-state index contributed by atoms with van der Waals surface area (Å²) >= 11 is 0. The van der Waals surface area contributed by atoms with Crippen LogP contribution in [0.3, 0.4) is 0 Å². The van der Waals surface area contributed by atoms with Gasteiger partial charge < -0.3 is 10.1 Å². The molecule has 0 aliphatic rings. The van der Waals surface area contributed by atoms with Crippen LogP contribution in [-0.2, 0) is 24.3 Å². The highest BCUT2D eigenvalue weighted by Gasteiger charge is 2.15. The van der Waals surface area contributed by atoms with Gasteiger partial charge in [0.1, 0.15) is 6.54 Å². The molecule has 0 heterocycles. The van der Waals surface area contributed by atoms with Crippen molar-refractivity contribution in [2.24, 2.45) is 0 Å². The van der Waals surface area contributed by atoms with E-state index in [0.717, 1.165) is 5.56 Å². The number of esters is 1. The zero-order valence-electron chi connectivity index (χ0n) is 14.0. The van der Waals surface area contributed by atoms with Crippen LogP contribution in [0, 0.1) is 0 Å². The maximum Gasteiger partial charge on any atom is 0.320 e. The fourth-order valence-electron chi connectivity index (χ4n) is 1.95. The maximum absolute atomic E-state index is 12.0. The van der Waals surface area contributed by atoms with Gasteiger partial charge in [0.25, 0.3) is 0 Å². The monoisotopic (exact) mass is 374 g/mol. The number of hydrogen-bond donors (Lipinski definition) is 2. The summed E-state index contributed by atoms with van der Waals surface area (Å²) < 4.78 is 30.6. The molecule has 0 fully saturated rings. The summed E-state index contributed by atoms with van der Waals surface area (Å²) in [6, 6.07) is 14.9. The van der Waals surface area contributed by atoms with Crippen LogP contribution in [0.1, 0.15) is 5.56 Å². The molecule has 0 aliphatic heterocycles. The highest BCUT2D eigenvalue weighted by molar-refractivity contribution is 7.89. The first kappa shape index (κ1) is 19.4. The smallest absolute Gasteiger partial charge is 0.320 e. The zero-order valence-corrected chi connectivity index (χ0v) is 14.8. The predicted molar refractivity (Wildman–Crippen MR) is 97.8 cm³/mol. The van der Waals surface area contributed by atoms with E-state index in [4.69, 9.17) is 0 Å². The van der Waals surface area contributed by atoms with Gasteiger partial charge in [0.2, 0.25) is 15.9 Å². The van der Waals surface area contributed by atoms with Crippen molar-refractivity contribution in [3.8, 4) is 0 Å². The molecule has 2 aromatic carbocycles. The van der Waals surface area contributed by atoms with Crippen molar-refractivity contribution in [1.29, 1.82) is 0 Å². The Morgan fingerprint density at radius 1 is 1.04 bits per heavy atom. The fourth-order valence-corrected chi connectivity index (χ4v) is 2.92. The first-order chi connectivity index (χ1) is 12.4. The Morgan fingerprint density at radius 3 is 2.31 bits per heavy atom. The van der Waals surface area contributed by atoms with Crippen molar-refractivity contribution in [1.82, 2.24) is 4.72 Å². The molecule has 0 aliphatic carbocycles. The summed E-state index contributed by atoms with van der Waals surface area (Å²) in [6.45, 7) is -0.457. The highest BCUT2D eigenvalue weighted by Crippen LogP contribution is 2.14. The van der Waals surface area contributed by atoms with E-state index in [2.05, 4.69) is 14.8 Å². The highest BCUT2D eigenvalue weighted by atomic mass is 32.2. The normalized spacial score (nSPS) is 11.3. The number of nitrogens with one attached hydrogen (secondary N) is 2. The summed E-state index contributed by atoms with van der Waals surface area (Å²) in [4.78, 5) is 22.9. The van der Waals surface area contributed by atoms with Crippen molar-refractivity contribution >= 4 is 33.7 Å². The van der Waals surface area contributed by atoms with Gasteiger partial charge in [-0.15, -0.1) is 0 Å². The third-order valence-electron chi connectivity index (χ3n) is 3.29. The van der Waals surface area contributed by atoms with Crippen LogP contribution < -0.4 is 10.0 Å². The number of rotatable bonds is 7. The molecule has 7 nitrogen and oxygen atoms in total. The van der Waals surface area contributed by atoms with Crippen LogP contribution in [0.25, 0.3) is 6.08 Å². The number of sulfonamides is 1. The fraction of sp³-hybridized carbons (Fsp3) is 0.111. The number of ether oxygens (including phenoxy) is 1. The molecule has 0 atom stereocenters. The quantitative estimate of drug-likeness (QED) is 0.568. The molecule has 0 saturated carbocycles. The van der Waals surface area contributed by atoms with Gasteiger partial charge in [-0.3, -0.25) is 9.59 Å². The molecule has 26 heavy (non-hydrogen) atoms. The van der Waals surface area contributed by atoms with Gasteiger partial charge in [0, 0.05) is 11.8 Å². The third-order valence-corrected chi connectivity index (χ3v) is 4.71. The molecular formula is C18H18N2O5S. The van der Waals surface area contributed by atoms with E-state index in [0.29, 0.717) is 5.69 Å². The Labute approximate surface area is 151 Å². The second-order valence-electron chi connectivity index (χ2n) is 5.16. The summed E-state index contributed by atoms with van der Waals surface area (Å²) in [7, 11) is -2.67. The van der Waals surface area contributed by atoms with Crippen LogP contribution in [0.15, 0.2) is 65.6 Å². The molecular weight excluding hydrogens is 356 g/mol.